The fourth-order valence-corrected chi connectivity index (χ4v) is 4.14. The van der Waals surface area contributed by atoms with Crippen LogP contribution in [-0.2, 0) is 15.1 Å². The number of hydrogen-bond donors (Lipinski definition) is 1. The van der Waals surface area contributed by atoms with E-state index in [1.165, 1.54) is 0 Å². The lowest BCUT2D eigenvalue weighted by atomic mass is 9.84. The first-order valence-corrected chi connectivity index (χ1v) is 11.2. The minimum absolute atomic E-state index is 0. The number of esters is 1. The zero-order valence-electron chi connectivity index (χ0n) is 19.0. The summed E-state index contributed by atoms with van der Waals surface area (Å²) in [6.45, 7) is 6.77. The predicted molar refractivity (Wildman–Crippen MR) is 137 cm³/mol. The molecule has 0 aliphatic heterocycles. The maximum atomic E-state index is 13.4. The zero-order valence-corrected chi connectivity index (χ0v) is 19.8. The first-order valence-electron chi connectivity index (χ1n) is 11.2. The Hall–Kier alpha value is -2.92. The van der Waals surface area contributed by atoms with Gasteiger partial charge in [0.25, 0.3) is 0 Å². The highest BCUT2D eigenvalue weighted by atomic mass is 35.5. The van der Waals surface area contributed by atoms with Crippen molar-refractivity contribution in [2.75, 3.05) is 26.2 Å². The van der Waals surface area contributed by atoms with E-state index in [-0.39, 0.29) is 19.0 Å². The van der Waals surface area contributed by atoms with Gasteiger partial charge < -0.3 is 14.7 Å². The Morgan fingerprint density at radius 1 is 0.788 bits per heavy atom. The monoisotopic (exact) mass is 463 g/mol. The van der Waals surface area contributed by atoms with Gasteiger partial charge in [-0.05, 0) is 46.8 Å². The highest BCUT2D eigenvalue weighted by Crippen LogP contribution is 2.34. The standard InChI is InChI=1S/C28H29NO3.ClH/c1-3-29(4-2)17-18-32-27(30)28(31,25-15-13-21-9-5-7-11-23(21)19-25)26-16-14-22-10-6-8-12-24(22)20-26;/h5-16,19-20,31H,3-4,17-18H2,1-2H3;1H. The molecule has 0 bridgehead atoms. The van der Waals surface area contributed by atoms with Gasteiger partial charge in [0.2, 0.25) is 5.60 Å². The molecule has 5 heteroatoms. The Morgan fingerprint density at radius 3 is 1.70 bits per heavy atom. The number of halogens is 1. The number of benzene rings is 4. The first kappa shape index (κ1) is 24.7. The molecule has 33 heavy (non-hydrogen) atoms. The SMILES string of the molecule is CCN(CC)CCOC(=O)C(O)(c1ccc2ccccc2c1)c1ccc2ccccc2c1.Cl. The molecule has 0 spiro atoms. The maximum absolute atomic E-state index is 13.4. The Bertz CT molecular complexity index is 1160. The molecule has 0 saturated heterocycles. The van der Waals surface area contributed by atoms with Crippen LogP contribution < -0.4 is 0 Å². The summed E-state index contributed by atoms with van der Waals surface area (Å²) >= 11 is 0. The van der Waals surface area contributed by atoms with Crippen LogP contribution in [-0.4, -0.2) is 42.2 Å². The second-order valence-corrected chi connectivity index (χ2v) is 8.00. The molecule has 0 radical (unpaired) electrons. The third kappa shape index (κ3) is 5.03. The van der Waals surface area contributed by atoms with Crippen molar-refractivity contribution in [3.05, 3.63) is 96.1 Å². The van der Waals surface area contributed by atoms with Crippen LogP contribution in [0.15, 0.2) is 84.9 Å². The highest BCUT2D eigenvalue weighted by molar-refractivity contribution is 5.91. The molecule has 4 rings (SSSR count). The minimum Gasteiger partial charge on any atom is -0.462 e. The van der Waals surface area contributed by atoms with Crippen molar-refractivity contribution in [3.8, 4) is 0 Å². The lowest BCUT2D eigenvalue weighted by Gasteiger charge is -2.28. The van der Waals surface area contributed by atoms with E-state index in [4.69, 9.17) is 4.74 Å². The Kier molecular flexibility index (Phi) is 8.09. The summed E-state index contributed by atoms with van der Waals surface area (Å²) in [6, 6.07) is 27.0. The van der Waals surface area contributed by atoms with Crippen LogP contribution >= 0.6 is 12.4 Å². The second-order valence-electron chi connectivity index (χ2n) is 8.00. The summed E-state index contributed by atoms with van der Waals surface area (Å²) in [5, 5.41) is 15.9. The Morgan fingerprint density at radius 2 is 1.24 bits per heavy atom. The third-order valence-corrected chi connectivity index (χ3v) is 6.16. The second kappa shape index (κ2) is 10.8. The summed E-state index contributed by atoms with van der Waals surface area (Å²) in [5.41, 5.74) is -0.907. The van der Waals surface area contributed by atoms with Crippen LogP contribution in [0.4, 0.5) is 0 Å². The van der Waals surface area contributed by atoms with Gasteiger partial charge in [-0.1, -0.05) is 86.6 Å². The quantitative estimate of drug-likeness (QED) is 0.349. The van der Waals surface area contributed by atoms with Crippen LogP contribution in [0, 0.1) is 0 Å². The molecule has 4 aromatic carbocycles. The third-order valence-electron chi connectivity index (χ3n) is 6.16. The van der Waals surface area contributed by atoms with Gasteiger partial charge >= 0.3 is 5.97 Å². The largest absolute Gasteiger partial charge is 0.462 e. The van der Waals surface area contributed by atoms with E-state index in [1.807, 2.05) is 84.9 Å². The molecule has 0 aliphatic carbocycles. The Labute approximate surface area is 201 Å². The van der Waals surface area contributed by atoms with Gasteiger partial charge in [-0.15, -0.1) is 12.4 Å². The number of hydrogen-bond acceptors (Lipinski definition) is 4. The van der Waals surface area contributed by atoms with E-state index >= 15 is 0 Å². The molecule has 0 unspecified atom stereocenters. The summed E-state index contributed by atoms with van der Waals surface area (Å²) in [6.07, 6.45) is 0. The van der Waals surface area contributed by atoms with Crippen LogP contribution in [0.5, 0.6) is 0 Å². The van der Waals surface area contributed by atoms with E-state index in [0.717, 1.165) is 34.6 Å². The van der Waals surface area contributed by atoms with Crippen LogP contribution in [0.2, 0.25) is 0 Å². The van der Waals surface area contributed by atoms with Crippen molar-refractivity contribution in [2.45, 2.75) is 19.4 Å². The van der Waals surface area contributed by atoms with Crippen molar-refractivity contribution in [2.24, 2.45) is 0 Å². The van der Waals surface area contributed by atoms with Gasteiger partial charge in [-0.3, -0.25) is 0 Å². The van der Waals surface area contributed by atoms with Crippen LogP contribution in [0.1, 0.15) is 25.0 Å². The Balaban J connectivity index is 0.00000306. The predicted octanol–water partition coefficient (Wildman–Crippen LogP) is 5.54. The molecule has 0 aliphatic rings. The van der Waals surface area contributed by atoms with Gasteiger partial charge in [0.1, 0.15) is 6.61 Å². The number of likely N-dealkylation sites (N-methyl/N-ethyl adjacent to an activating group) is 1. The molecule has 0 fully saturated rings. The summed E-state index contributed by atoms with van der Waals surface area (Å²) in [4.78, 5) is 15.6. The van der Waals surface area contributed by atoms with E-state index in [1.54, 1.807) is 0 Å². The van der Waals surface area contributed by atoms with Crippen LogP contribution in [0.3, 0.4) is 0 Å². The van der Waals surface area contributed by atoms with Crippen molar-refractivity contribution in [1.82, 2.24) is 4.90 Å². The molecule has 4 aromatic rings. The molecule has 0 atom stereocenters. The normalized spacial score (nSPS) is 11.5. The minimum atomic E-state index is -1.91. The van der Waals surface area contributed by atoms with Crippen molar-refractivity contribution in [1.29, 1.82) is 0 Å². The summed E-state index contributed by atoms with van der Waals surface area (Å²) in [5.74, 6) is -0.657. The summed E-state index contributed by atoms with van der Waals surface area (Å²) < 4.78 is 5.64. The molecule has 0 aromatic heterocycles. The fourth-order valence-electron chi connectivity index (χ4n) is 4.14. The van der Waals surface area contributed by atoms with E-state index in [2.05, 4.69) is 18.7 Å². The lowest BCUT2D eigenvalue weighted by molar-refractivity contribution is -0.162. The molecular weight excluding hydrogens is 434 g/mol. The van der Waals surface area contributed by atoms with Gasteiger partial charge in [0.15, 0.2) is 0 Å². The van der Waals surface area contributed by atoms with Gasteiger partial charge in [-0.2, -0.15) is 0 Å². The van der Waals surface area contributed by atoms with Crippen LogP contribution in [0.25, 0.3) is 21.5 Å². The number of ether oxygens (including phenoxy) is 1. The van der Waals surface area contributed by atoms with Crippen molar-refractivity contribution >= 4 is 39.9 Å². The smallest absolute Gasteiger partial charge is 0.347 e. The average Bonchev–Trinajstić information content (AvgIpc) is 2.85. The molecule has 1 N–H and O–H groups in total. The molecular formula is C28H30ClNO3. The average molecular weight is 464 g/mol. The van der Waals surface area contributed by atoms with E-state index < -0.39 is 11.6 Å². The van der Waals surface area contributed by atoms with Gasteiger partial charge in [-0.25, -0.2) is 4.79 Å². The fraction of sp³-hybridized carbons (Fsp3) is 0.250. The first-order chi connectivity index (χ1) is 15.6. The molecule has 0 heterocycles. The van der Waals surface area contributed by atoms with Crippen molar-refractivity contribution < 1.29 is 14.6 Å². The molecule has 4 nitrogen and oxygen atoms in total. The number of aliphatic hydroxyl groups is 1. The number of rotatable bonds is 8. The van der Waals surface area contributed by atoms with Gasteiger partial charge in [0, 0.05) is 17.7 Å². The zero-order chi connectivity index (χ0) is 22.6. The van der Waals surface area contributed by atoms with E-state index in [9.17, 15) is 9.90 Å². The van der Waals surface area contributed by atoms with Crippen molar-refractivity contribution in [3.63, 3.8) is 0 Å². The maximum Gasteiger partial charge on any atom is 0.347 e. The molecule has 0 amide bonds. The molecule has 0 saturated carbocycles. The summed E-state index contributed by atoms with van der Waals surface area (Å²) in [7, 11) is 0. The van der Waals surface area contributed by atoms with Gasteiger partial charge in [0.05, 0.1) is 0 Å². The van der Waals surface area contributed by atoms with E-state index in [0.29, 0.717) is 17.7 Å². The molecule has 172 valence electrons. The topological polar surface area (TPSA) is 49.8 Å². The highest BCUT2D eigenvalue weighted by Gasteiger charge is 2.42. The lowest BCUT2D eigenvalue weighted by Crippen LogP contribution is -2.40. The number of nitrogens with zero attached hydrogens (tertiary/aromatic N) is 1. The number of carbonyl (C=O) groups excluding carboxylic acids is 1. The number of fused-ring (bicyclic) bond motifs is 2. The number of carbonyl (C=O) groups is 1.